The Kier molecular flexibility index (Phi) is 5.55. The summed E-state index contributed by atoms with van der Waals surface area (Å²) in [4.78, 5) is 32.1. The minimum Gasteiger partial charge on any atom is -0.487 e. The average molecular weight is 368 g/mol. The van der Waals surface area contributed by atoms with Gasteiger partial charge in [-0.1, -0.05) is 0 Å². The Morgan fingerprint density at radius 3 is 2.42 bits per heavy atom. The molecule has 7 nitrogen and oxygen atoms in total. The van der Waals surface area contributed by atoms with E-state index in [-0.39, 0.29) is 0 Å². The Morgan fingerprint density at radius 1 is 1.08 bits per heavy atom. The summed E-state index contributed by atoms with van der Waals surface area (Å²) in [5.74, 6) is -0.236. The first-order valence-electron chi connectivity index (χ1n) is 7.76. The molecule has 2 N–H and O–H groups in total. The van der Waals surface area contributed by atoms with Crippen molar-refractivity contribution in [3.63, 3.8) is 0 Å². The second-order valence-corrected chi connectivity index (χ2v) is 6.38. The predicted molar refractivity (Wildman–Crippen MR) is 96.8 cm³/mol. The van der Waals surface area contributed by atoms with Gasteiger partial charge in [-0.25, -0.2) is 4.98 Å². The fourth-order valence-corrected chi connectivity index (χ4v) is 2.69. The van der Waals surface area contributed by atoms with E-state index in [0.29, 0.717) is 23.5 Å². The number of aryl methyl sites for hydroxylation is 1. The molecule has 0 unspecified atom stereocenters. The van der Waals surface area contributed by atoms with Crippen LogP contribution < -0.4 is 15.6 Å². The van der Waals surface area contributed by atoms with E-state index >= 15 is 0 Å². The van der Waals surface area contributed by atoms with E-state index in [2.05, 4.69) is 20.8 Å². The molecule has 1 aromatic carbocycles. The van der Waals surface area contributed by atoms with E-state index in [1.54, 1.807) is 53.9 Å². The summed E-state index contributed by atoms with van der Waals surface area (Å²) >= 11 is 1.57. The number of benzene rings is 1. The van der Waals surface area contributed by atoms with Gasteiger partial charge in [0, 0.05) is 23.3 Å². The molecule has 0 saturated carbocycles. The van der Waals surface area contributed by atoms with Crippen molar-refractivity contribution in [3.8, 4) is 5.75 Å². The van der Waals surface area contributed by atoms with Crippen molar-refractivity contribution < 1.29 is 14.3 Å². The Labute approximate surface area is 154 Å². The maximum Gasteiger partial charge on any atom is 0.271 e. The number of hydrogen-bond donors (Lipinski definition) is 2. The molecular weight excluding hydrogens is 352 g/mol. The molecule has 0 bridgehead atoms. The van der Waals surface area contributed by atoms with Crippen molar-refractivity contribution >= 4 is 23.2 Å². The number of hydrogen-bond acceptors (Lipinski definition) is 6. The third-order valence-corrected chi connectivity index (χ3v) is 4.21. The Hall–Kier alpha value is -3.26. The molecule has 0 aliphatic carbocycles. The average Bonchev–Trinajstić information content (AvgIpc) is 3.10. The SMILES string of the molecule is Cc1nc(COc2ccc(C(=O)NNC(=O)c3cccnc3)cc2)cs1. The third-order valence-electron chi connectivity index (χ3n) is 3.38. The van der Waals surface area contributed by atoms with Crippen molar-refractivity contribution in [2.75, 3.05) is 0 Å². The molecule has 2 heterocycles. The zero-order chi connectivity index (χ0) is 18.4. The molecule has 8 heteroatoms. The zero-order valence-corrected chi connectivity index (χ0v) is 14.7. The molecule has 26 heavy (non-hydrogen) atoms. The molecule has 0 radical (unpaired) electrons. The van der Waals surface area contributed by atoms with Gasteiger partial charge >= 0.3 is 0 Å². The van der Waals surface area contributed by atoms with Crippen LogP contribution in [0.15, 0.2) is 54.2 Å². The van der Waals surface area contributed by atoms with Gasteiger partial charge in [-0.05, 0) is 43.3 Å². The van der Waals surface area contributed by atoms with Crippen LogP contribution in [-0.4, -0.2) is 21.8 Å². The second-order valence-electron chi connectivity index (χ2n) is 5.32. The van der Waals surface area contributed by atoms with Crippen molar-refractivity contribution in [3.05, 3.63) is 76.0 Å². The molecule has 0 saturated heterocycles. The van der Waals surface area contributed by atoms with Gasteiger partial charge < -0.3 is 4.74 Å². The lowest BCUT2D eigenvalue weighted by atomic mass is 10.2. The van der Waals surface area contributed by atoms with Crippen LogP contribution in [-0.2, 0) is 6.61 Å². The topological polar surface area (TPSA) is 93.2 Å². The summed E-state index contributed by atoms with van der Waals surface area (Å²) in [6, 6.07) is 9.86. The molecule has 0 atom stereocenters. The first-order chi connectivity index (χ1) is 12.6. The molecular formula is C18H16N4O3S. The van der Waals surface area contributed by atoms with Gasteiger partial charge in [-0.15, -0.1) is 11.3 Å². The van der Waals surface area contributed by atoms with Gasteiger partial charge in [0.1, 0.15) is 12.4 Å². The number of carbonyl (C=O) groups excluding carboxylic acids is 2. The standard InChI is InChI=1S/C18H16N4O3S/c1-12-20-15(11-26-12)10-25-16-6-4-13(5-7-16)17(23)21-22-18(24)14-3-2-8-19-9-14/h2-9,11H,10H2,1H3,(H,21,23)(H,22,24). The van der Waals surface area contributed by atoms with Gasteiger partial charge in [0.25, 0.3) is 11.8 Å². The van der Waals surface area contributed by atoms with Gasteiger partial charge in [-0.2, -0.15) is 0 Å². The summed E-state index contributed by atoms with van der Waals surface area (Å²) in [7, 11) is 0. The Morgan fingerprint density at radius 2 is 1.81 bits per heavy atom. The fourth-order valence-electron chi connectivity index (χ4n) is 2.09. The number of rotatable bonds is 5. The summed E-state index contributed by atoms with van der Waals surface area (Å²) in [5, 5.41) is 2.94. The van der Waals surface area contributed by atoms with Gasteiger partial charge in [0.2, 0.25) is 0 Å². The Bertz CT molecular complexity index is 894. The summed E-state index contributed by atoms with van der Waals surface area (Å²) in [6.45, 7) is 2.31. The number of hydrazine groups is 1. The third kappa shape index (κ3) is 4.64. The number of ether oxygens (including phenoxy) is 1. The minimum absolute atomic E-state index is 0.355. The summed E-state index contributed by atoms with van der Waals surface area (Å²) in [5.41, 5.74) is 6.33. The molecule has 0 aliphatic rings. The molecule has 3 aromatic rings. The van der Waals surface area contributed by atoms with E-state index in [0.717, 1.165) is 10.7 Å². The van der Waals surface area contributed by atoms with E-state index in [1.165, 1.54) is 6.20 Å². The highest BCUT2D eigenvalue weighted by molar-refractivity contribution is 7.09. The fraction of sp³-hybridized carbons (Fsp3) is 0.111. The van der Waals surface area contributed by atoms with Crippen LogP contribution in [0.4, 0.5) is 0 Å². The zero-order valence-electron chi connectivity index (χ0n) is 13.9. The van der Waals surface area contributed by atoms with Crippen molar-refractivity contribution in [2.24, 2.45) is 0 Å². The van der Waals surface area contributed by atoms with Crippen LogP contribution in [0, 0.1) is 6.92 Å². The van der Waals surface area contributed by atoms with Gasteiger partial charge in [0.15, 0.2) is 0 Å². The maximum atomic E-state index is 12.1. The number of aromatic nitrogens is 2. The van der Waals surface area contributed by atoms with Crippen LogP contribution in [0.3, 0.4) is 0 Å². The van der Waals surface area contributed by atoms with Crippen molar-refractivity contribution in [1.29, 1.82) is 0 Å². The van der Waals surface area contributed by atoms with Crippen LogP contribution in [0.1, 0.15) is 31.4 Å². The van der Waals surface area contributed by atoms with Crippen LogP contribution >= 0.6 is 11.3 Å². The van der Waals surface area contributed by atoms with Crippen LogP contribution in [0.25, 0.3) is 0 Å². The largest absolute Gasteiger partial charge is 0.487 e. The molecule has 0 spiro atoms. The van der Waals surface area contributed by atoms with Crippen molar-refractivity contribution in [1.82, 2.24) is 20.8 Å². The highest BCUT2D eigenvalue weighted by atomic mass is 32.1. The molecule has 2 amide bonds. The van der Waals surface area contributed by atoms with Gasteiger partial charge in [0.05, 0.1) is 16.3 Å². The molecule has 0 fully saturated rings. The second kappa shape index (κ2) is 8.21. The molecule has 2 aromatic heterocycles. The Balaban J connectivity index is 1.51. The summed E-state index contributed by atoms with van der Waals surface area (Å²) < 4.78 is 5.63. The molecule has 3 rings (SSSR count). The number of nitrogens with one attached hydrogen (secondary N) is 2. The lowest BCUT2D eigenvalue weighted by Crippen LogP contribution is -2.41. The van der Waals surface area contributed by atoms with E-state index in [4.69, 9.17) is 4.74 Å². The molecule has 132 valence electrons. The van der Waals surface area contributed by atoms with E-state index in [9.17, 15) is 9.59 Å². The first kappa shape index (κ1) is 17.6. The van der Waals surface area contributed by atoms with Crippen LogP contribution in [0.5, 0.6) is 5.75 Å². The van der Waals surface area contributed by atoms with E-state index < -0.39 is 11.8 Å². The highest BCUT2D eigenvalue weighted by Crippen LogP contribution is 2.15. The minimum atomic E-state index is -0.440. The monoisotopic (exact) mass is 368 g/mol. The normalized spacial score (nSPS) is 10.2. The predicted octanol–water partition coefficient (Wildman–Crippen LogP) is 2.50. The first-order valence-corrected chi connectivity index (χ1v) is 8.64. The lowest BCUT2D eigenvalue weighted by molar-refractivity contribution is 0.0846. The number of amides is 2. The van der Waals surface area contributed by atoms with Crippen LogP contribution in [0.2, 0.25) is 0 Å². The number of nitrogens with zero attached hydrogens (tertiary/aromatic N) is 2. The quantitative estimate of drug-likeness (QED) is 0.675. The van der Waals surface area contributed by atoms with E-state index in [1.807, 2.05) is 12.3 Å². The smallest absolute Gasteiger partial charge is 0.271 e. The van der Waals surface area contributed by atoms with Crippen molar-refractivity contribution in [2.45, 2.75) is 13.5 Å². The number of thiazole rings is 1. The lowest BCUT2D eigenvalue weighted by Gasteiger charge is -2.08. The number of pyridine rings is 1. The molecule has 0 aliphatic heterocycles. The highest BCUT2D eigenvalue weighted by Gasteiger charge is 2.09. The maximum absolute atomic E-state index is 12.1. The number of carbonyl (C=O) groups is 2. The van der Waals surface area contributed by atoms with Gasteiger partial charge in [-0.3, -0.25) is 25.4 Å². The summed E-state index contributed by atoms with van der Waals surface area (Å²) in [6.07, 6.45) is 2.98.